The molecule has 0 saturated carbocycles. The summed E-state index contributed by atoms with van der Waals surface area (Å²) in [6.07, 6.45) is 4.11. The third kappa shape index (κ3) is 8.65. The number of carbonyl (C=O) groups excluding carboxylic acids is 1. The highest BCUT2D eigenvalue weighted by atomic mass is 19.1. The molecule has 0 aromatic heterocycles. The molecule has 2 atom stereocenters. The predicted molar refractivity (Wildman–Crippen MR) is 182 cm³/mol. The van der Waals surface area contributed by atoms with Crippen LogP contribution in [0, 0.1) is 5.82 Å². The standard InChI is InChI=1S/C37H37FN6O4/c38-31-14-6-11-28(25-31)20-22-40-43-36(46)37(21-7-12-27-9-2-1-3-10-27)34(33-15-5-4-13-30(33)26-41-44-39)48-35(42-37)29-16-18-32(19-17-29)47-24-8-23-45/h1-7,9-19,25,34,40,45H,8,20-24,26H2,(H,43,46)/b12-7+/t34-,37-/m0/s1. The first kappa shape index (κ1) is 33.9. The van der Waals surface area contributed by atoms with Crippen LogP contribution >= 0.6 is 0 Å². The number of carbonyl (C=O) groups is 1. The van der Waals surface area contributed by atoms with Crippen LogP contribution in [0.5, 0.6) is 5.75 Å². The molecule has 3 N–H and O–H groups in total. The SMILES string of the molecule is [N-]=[N+]=NCc1ccccc1[C@@H]1OC(c2ccc(OCCCO)cc2)=N[C@]1(C/C=C/c1ccccc1)C(=O)NNCCc1cccc(F)c1. The van der Waals surface area contributed by atoms with Crippen molar-refractivity contribution < 1.29 is 23.8 Å². The van der Waals surface area contributed by atoms with E-state index >= 15 is 0 Å². The molecule has 10 nitrogen and oxygen atoms in total. The quantitative estimate of drug-likeness (QED) is 0.0412. The first-order valence-corrected chi connectivity index (χ1v) is 15.7. The van der Waals surface area contributed by atoms with Crippen LogP contribution in [0.1, 0.15) is 46.8 Å². The van der Waals surface area contributed by atoms with Gasteiger partial charge >= 0.3 is 0 Å². The van der Waals surface area contributed by atoms with E-state index in [0.717, 1.165) is 11.1 Å². The Morgan fingerprint density at radius 2 is 1.85 bits per heavy atom. The average Bonchev–Trinajstić information content (AvgIpc) is 3.50. The minimum Gasteiger partial charge on any atom is -0.494 e. The van der Waals surface area contributed by atoms with Crippen LogP contribution in [0.2, 0.25) is 0 Å². The summed E-state index contributed by atoms with van der Waals surface area (Å²) in [4.78, 5) is 22.3. The fourth-order valence-corrected chi connectivity index (χ4v) is 5.42. The lowest BCUT2D eigenvalue weighted by Gasteiger charge is -2.31. The van der Waals surface area contributed by atoms with E-state index < -0.39 is 17.6 Å². The Labute approximate surface area is 278 Å². The van der Waals surface area contributed by atoms with Gasteiger partial charge in [-0.25, -0.2) is 14.8 Å². The van der Waals surface area contributed by atoms with Crippen LogP contribution in [-0.2, 0) is 22.5 Å². The predicted octanol–water partition coefficient (Wildman–Crippen LogP) is 6.62. The molecule has 4 aromatic rings. The molecule has 4 aromatic carbocycles. The molecule has 0 saturated heterocycles. The van der Waals surface area contributed by atoms with Crippen LogP contribution < -0.4 is 15.6 Å². The monoisotopic (exact) mass is 648 g/mol. The normalized spacial score (nSPS) is 17.0. The third-order valence-corrected chi connectivity index (χ3v) is 7.84. The van der Waals surface area contributed by atoms with Gasteiger partial charge in [0.05, 0.1) is 13.2 Å². The third-order valence-electron chi connectivity index (χ3n) is 7.84. The summed E-state index contributed by atoms with van der Waals surface area (Å²) in [6, 6.07) is 30.6. The van der Waals surface area contributed by atoms with Crippen LogP contribution in [0.3, 0.4) is 0 Å². The number of azide groups is 1. The number of hydrogen-bond donors (Lipinski definition) is 3. The van der Waals surface area contributed by atoms with E-state index in [9.17, 15) is 9.18 Å². The number of halogens is 1. The summed E-state index contributed by atoms with van der Waals surface area (Å²) in [5, 5.41) is 12.9. The van der Waals surface area contributed by atoms with E-state index in [4.69, 9.17) is 25.1 Å². The Morgan fingerprint density at radius 3 is 2.62 bits per heavy atom. The summed E-state index contributed by atoms with van der Waals surface area (Å²) in [5.74, 6) is 0.141. The Kier molecular flexibility index (Phi) is 11.9. The molecule has 0 radical (unpaired) electrons. The minimum atomic E-state index is -1.48. The molecule has 246 valence electrons. The van der Waals surface area contributed by atoms with Gasteiger partial charge in [-0.2, -0.15) is 0 Å². The maximum absolute atomic E-state index is 14.4. The lowest BCUT2D eigenvalue weighted by Crippen LogP contribution is -2.53. The second-order valence-corrected chi connectivity index (χ2v) is 11.2. The highest BCUT2D eigenvalue weighted by Gasteiger charge is 2.53. The molecule has 0 fully saturated rings. The van der Waals surface area contributed by atoms with Crippen molar-refractivity contribution in [1.82, 2.24) is 10.9 Å². The maximum atomic E-state index is 14.4. The van der Waals surface area contributed by atoms with Gasteiger partial charge in [-0.1, -0.05) is 84.0 Å². The number of hydrazine groups is 1. The van der Waals surface area contributed by atoms with E-state index in [2.05, 4.69) is 20.9 Å². The Hall–Kier alpha value is -5.48. The Morgan fingerprint density at radius 1 is 1.06 bits per heavy atom. The van der Waals surface area contributed by atoms with Gasteiger partial charge in [-0.15, -0.1) is 0 Å². The molecule has 1 aliphatic heterocycles. The van der Waals surface area contributed by atoms with E-state index in [1.807, 2.05) is 72.8 Å². The number of benzene rings is 4. The molecular formula is C37H37FN6O4. The Bertz CT molecular complexity index is 1780. The van der Waals surface area contributed by atoms with Crippen LogP contribution in [0.15, 0.2) is 119 Å². The number of aliphatic hydroxyl groups is 1. The molecule has 11 heteroatoms. The maximum Gasteiger partial charge on any atom is 0.266 e. The molecule has 1 heterocycles. The number of ether oxygens (including phenoxy) is 2. The van der Waals surface area contributed by atoms with Crippen molar-refractivity contribution in [2.24, 2.45) is 10.1 Å². The van der Waals surface area contributed by atoms with E-state index in [1.54, 1.807) is 30.3 Å². The molecule has 0 unspecified atom stereocenters. The van der Waals surface area contributed by atoms with Crippen molar-refractivity contribution in [3.63, 3.8) is 0 Å². The topological polar surface area (TPSA) is 141 Å². The fourth-order valence-electron chi connectivity index (χ4n) is 5.42. The van der Waals surface area contributed by atoms with Gasteiger partial charge in [0.15, 0.2) is 11.6 Å². The van der Waals surface area contributed by atoms with Gasteiger partial charge in [-0.3, -0.25) is 10.2 Å². The molecule has 1 amide bonds. The number of nitrogens with one attached hydrogen (secondary N) is 2. The molecule has 48 heavy (non-hydrogen) atoms. The van der Waals surface area contributed by atoms with Crippen LogP contribution in [0.25, 0.3) is 16.5 Å². The van der Waals surface area contributed by atoms with Crippen LogP contribution in [0.4, 0.5) is 4.39 Å². The van der Waals surface area contributed by atoms with Gasteiger partial charge in [0.1, 0.15) is 11.6 Å². The van der Waals surface area contributed by atoms with Crippen molar-refractivity contribution in [2.75, 3.05) is 19.8 Å². The Balaban J connectivity index is 1.50. The number of nitrogens with zero attached hydrogens (tertiary/aromatic N) is 4. The summed E-state index contributed by atoms with van der Waals surface area (Å²) in [5.41, 5.74) is 17.2. The first-order valence-electron chi connectivity index (χ1n) is 15.7. The second kappa shape index (κ2) is 16.9. The van der Waals surface area contributed by atoms with Crippen molar-refractivity contribution in [3.05, 3.63) is 153 Å². The summed E-state index contributed by atoms with van der Waals surface area (Å²) in [7, 11) is 0. The zero-order valence-electron chi connectivity index (χ0n) is 26.3. The second-order valence-electron chi connectivity index (χ2n) is 11.2. The number of aliphatic hydroxyl groups excluding tert-OH is 1. The zero-order valence-corrected chi connectivity index (χ0v) is 26.3. The van der Waals surface area contributed by atoms with E-state index in [0.29, 0.717) is 48.4 Å². The zero-order chi connectivity index (χ0) is 33.6. The summed E-state index contributed by atoms with van der Waals surface area (Å²) < 4.78 is 26.0. The molecule has 0 bridgehead atoms. The van der Waals surface area contributed by atoms with E-state index in [-0.39, 0.29) is 31.3 Å². The van der Waals surface area contributed by atoms with Crippen molar-refractivity contribution >= 4 is 17.9 Å². The molecule has 1 aliphatic rings. The van der Waals surface area contributed by atoms with Gasteiger partial charge in [0.25, 0.3) is 5.91 Å². The largest absolute Gasteiger partial charge is 0.494 e. The van der Waals surface area contributed by atoms with Crippen molar-refractivity contribution in [1.29, 1.82) is 0 Å². The van der Waals surface area contributed by atoms with Crippen LogP contribution in [-0.4, -0.2) is 42.2 Å². The molecule has 5 rings (SSSR count). The number of rotatable bonds is 16. The number of hydrogen-bond acceptors (Lipinski definition) is 7. The highest BCUT2D eigenvalue weighted by Crippen LogP contribution is 2.44. The van der Waals surface area contributed by atoms with Gasteiger partial charge < -0.3 is 14.6 Å². The average molecular weight is 649 g/mol. The molecule has 0 spiro atoms. The van der Waals surface area contributed by atoms with Gasteiger partial charge in [0.2, 0.25) is 5.90 Å². The summed E-state index contributed by atoms with van der Waals surface area (Å²) in [6.45, 7) is 0.817. The first-order chi connectivity index (χ1) is 23.5. The minimum absolute atomic E-state index is 0.0355. The lowest BCUT2D eigenvalue weighted by molar-refractivity contribution is -0.129. The summed E-state index contributed by atoms with van der Waals surface area (Å²) >= 11 is 0. The lowest BCUT2D eigenvalue weighted by atomic mass is 9.82. The highest BCUT2D eigenvalue weighted by molar-refractivity contribution is 6.01. The smallest absolute Gasteiger partial charge is 0.266 e. The molecular weight excluding hydrogens is 611 g/mol. The van der Waals surface area contributed by atoms with Crippen molar-refractivity contribution in [3.8, 4) is 5.75 Å². The number of amides is 1. The van der Waals surface area contributed by atoms with Crippen molar-refractivity contribution in [2.45, 2.75) is 37.5 Å². The van der Waals surface area contributed by atoms with Gasteiger partial charge in [0, 0.05) is 36.5 Å². The van der Waals surface area contributed by atoms with E-state index in [1.165, 1.54) is 12.1 Å². The fraction of sp³-hybridized carbons (Fsp3) is 0.243. The number of aliphatic imine (C=N–C) groups is 1. The molecule has 0 aliphatic carbocycles. The van der Waals surface area contributed by atoms with Gasteiger partial charge in [-0.05, 0) is 70.6 Å².